The van der Waals surface area contributed by atoms with E-state index in [-0.39, 0.29) is 5.28 Å². The van der Waals surface area contributed by atoms with Gasteiger partial charge in [0.15, 0.2) is 11.5 Å². The standard InChI is InChI=1S/C15H13ClN6O/c1-23-7-6-21-9-10(8-17-21)13-19-14-11-4-2-3-5-12(11)18-15(16)22(14)20-13/h2-5,8-9H,6-7H2,1H3. The van der Waals surface area contributed by atoms with Gasteiger partial charge in [-0.05, 0) is 23.7 Å². The molecule has 0 fully saturated rings. The Balaban J connectivity index is 1.84. The largest absolute Gasteiger partial charge is 0.383 e. The number of para-hydroxylation sites is 1. The number of methoxy groups -OCH3 is 1. The number of fused-ring (bicyclic) bond motifs is 3. The third-order valence-electron chi connectivity index (χ3n) is 3.56. The lowest BCUT2D eigenvalue weighted by Crippen LogP contribution is -2.03. The molecule has 0 saturated heterocycles. The summed E-state index contributed by atoms with van der Waals surface area (Å²) in [5, 5.41) is 9.92. The van der Waals surface area contributed by atoms with Crippen LogP contribution in [0.15, 0.2) is 36.7 Å². The molecule has 0 saturated carbocycles. The Labute approximate surface area is 136 Å². The van der Waals surface area contributed by atoms with Crippen molar-refractivity contribution in [3.63, 3.8) is 0 Å². The van der Waals surface area contributed by atoms with Crippen LogP contribution in [0.2, 0.25) is 5.28 Å². The first kappa shape index (κ1) is 14.1. The predicted octanol–water partition coefficient (Wildman–Crippen LogP) is 2.44. The summed E-state index contributed by atoms with van der Waals surface area (Å²) in [4.78, 5) is 8.95. The van der Waals surface area contributed by atoms with Gasteiger partial charge in [-0.25, -0.2) is 9.97 Å². The van der Waals surface area contributed by atoms with E-state index < -0.39 is 0 Å². The van der Waals surface area contributed by atoms with Gasteiger partial charge in [0.1, 0.15) is 0 Å². The molecule has 23 heavy (non-hydrogen) atoms. The van der Waals surface area contributed by atoms with Crippen molar-refractivity contribution in [2.45, 2.75) is 6.54 Å². The first-order chi connectivity index (χ1) is 11.3. The van der Waals surface area contributed by atoms with E-state index in [1.165, 1.54) is 0 Å². The highest BCUT2D eigenvalue weighted by molar-refractivity contribution is 6.29. The summed E-state index contributed by atoms with van der Waals surface area (Å²) in [5.41, 5.74) is 2.30. The number of aromatic nitrogens is 6. The Morgan fingerprint density at radius 1 is 1.22 bits per heavy atom. The average Bonchev–Trinajstić information content (AvgIpc) is 3.20. The molecule has 7 nitrogen and oxygen atoms in total. The van der Waals surface area contributed by atoms with E-state index in [0.717, 1.165) is 16.5 Å². The molecule has 0 radical (unpaired) electrons. The molecule has 0 aliphatic rings. The molecule has 116 valence electrons. The summed E-state index contributed by atoms with van der Waals surface area (Å²) in [7, 11) is 1.66. The maximum atomic E-state index is 6.22. The lowest BCUT2D eigenvalue weighted by Gasteiger charge is -1.99. The fraction of sp³-hybridized carbons (Fsp3) is 0.200. The van der Waals surface area contributed by atoms with Crippen LogP contribution in [-0.2, 0) is 11.3 Å². The van der Waals surface area contributed by atoms with E-state index in [9.17, 15) is 0 Å². The fourth-order valence-electron chi connectivity index (χ4n) is 2.43. The molecule has 0 amide bonds. The molecule has 0 aliphatic carbocycles. The third-order valence-corrected chi connectivity index (χ3v) is 3.80. The van der Waals surface area contributed by atoms with Crippen molar-refractivity contribution in [1.82, 2.24) is 29.4 Å². The highest BCUT2D eigenvalue weighted by atomic mass is 35.5. The normalized spacial score (nSPS) is 11.6. The van der Waals surface area contributed by atoms with E-state index in [1.54, 1.807) is 22.5 Å². The molecule has 8 heteroatoms. The van der Waals surface area contributed by atoms with Gasteiger partial charge < -0.3 is 4.74 Å². The van der Waals surface area contributed by atoms with Crippen molar-refractivity contribution in [2.75, 3.05) is 13.7 Å². The van der Waals surface area contributed by atoms with Crippen molar-refractivity contribution < 1.29 is 4.74 Å². The van der Waals surface area contributed by atoms with Crippen LogP contribution in [0.1, 0.15) is 0 Å². The smallest absolute Gasteiger partial charge is 0.226 e. The van der Waals surface area contributed by atoms with Gasteiger partial charge in [-0.1, -0.05) is 12.1 Å². The Kier molecular flexibility index (Phi) is 3.44. The number of nitrogens with zero attached hydrogens (tertiary/aromatic N) is 6. The van der Waals surface area contributed by atoms with E-state index in [2.05, 4.69) is 20.2 Å². The minimum atomic E-state index is 0.282. The molecule has 0 spiro atoms. The van der Waals surface area contributed by atoms with Crippen molar-refractivity contribution in [2.24, 2.45) is 0 Å². The van der Waals surface area contributed by atoms with Gasteiger partial charge in [0, 0.05) is 18.7 Å². The molecular weight excluding hydrogens is 316 g/mol. The van der Waals surface area contributed by atoms with Gasteiger partial charge >= 0.3 is 0 Å². The molecule has 0 N–H and O–H groups in total. The maximum absolute atomic E-state index is 6.22. The monoisotopic (exact) mass is 328 g/mol. The van der Waals surface area contributed by atoms with Gasteiger partial charge in [0.2, 0.25) is 5.28 Å². The number of hydrogen-bond donors (Lipinski definition) is 0. The Bertz CT molecular complexity index is 992. The number of ether oxygens (including phenoxy) is 1. The van der Waals surface area contributed by atoms with Gasteiger partial charge in [-0.2, -0.15) is 9.61 Å². The SMILES string of the molecule is COCCn1cc(-c2nc3c4ccccc4nc(Cl)n3n2)cn1. The molecule has 0 bridgehead atoms. The van der Waals surface area contributed by atoms with E-state index in [0.29, 0.717) is 24.6 Å². The molecular formula is C15H13ClN6O. The zero-order chi connectivity index (χ0) is 15.8. The Hall–Kier alpha value is -2.51. The lowest BCUT2D eigenvalue weighted by atomic mass is 10.2. The quantitative estimate of drug-likeness (QED) is 0.538. The summed E-state index contributed by atoms with van der Waals surface area (Å²) in [5.74, 6) is 0.564. The molecule has 4 rings (SSSR count). The number of rotatable bonds is 4. The highest BCUT2D eigenvalue weighted by Crippen LogP contribution is 2.23. The summed E-state index contributed by atoms with van der Waals surface area (Å²) < 4.78 is 8.39. The first-order valence-electron chi connectivity index (χ1n) is 7.09. The minimum absolute atomic E-state index is 0.282. The lowest BCUT2D eigenvalue weighted by molar-refractivity contribution is 0.183. The summed E-state index contributed by atoms with van der Waals surface area (Å²) in [6, 6.07) is 7.71. The molecule has 0 aliphatic heterocycles. The second kappa shape index (κ2) is 5.60. The van der Waals surface area contributed by atoms with Crippen molar-refractivity contribution in [3.05, 3.63) is 41.9 Å². The van der Waals surface area contributed by atoms with Crippen molar-refractivity contribution in [1.29, 1.82) is 0 Å². The zero-order valence-corrected chi connectivity index (χ0v) is 13.1. The number of halogens is 1. The number of hydrogen-bond acceptors (Lipinski definition) is 5. The van der Waals surface area contributed by atoms with E-state index in [4.69, 9.17) is 16.3 Å². The second-order valence-electron chi connectivity index (χ2n) is 5.05. The maximum Gasteiger partial charge on any atom is 0.226 e. The molecule has 0 atom stereocenters. The van der Waals surface area contributed by atoms with E-state index >= 15 is 0 Å². The van der Waals surface area contributed by atoms with Crippen molar-refractivity contribution >= 4 is 28.2 Å². The van der Waals surface area contributed by atoms with Crippen LogP contribution in [0.3, 0.4) is 0 Å². The van der Waals surface area contributed by atoms with Gasteiger partial charge in [0.05, 0.1) is 30.4 Å². The fourth-order valence-corrected chi connectivity index (χ4v) is 2.64. The Morgan fingerprint density at radius 3 is 2.96 bits per heavy atom. The number of benzene rings is 1. The van der Waals surface area contributed by atoms with Crippen LogP contribution in [0.5, 0.6) is 0 Å². The van der Waals surface area contributed by atoms with Gasteiger partial charge in [-0.15, -0.1) is 5.10 Å². The first-order valence-corrected chi connectivity index (χ1v) is 7.47. The topological polar surface area (TPSA) is 70.1 Å². The average molecular weight is 329 g/mol. The van der Waals surface area contributed by atoms with Crippen LogP contribution in [0, 0.1) is 0 Å². The summed E-state index contributed by atoms with van der Waals surface area (Å²) in [6.07, 6.45) is 3.62. The summed E-state index contributed by atoms with van der Waals surface area (Å²) in [6.45, 7) is 1.27. The molecule has 3 heterocycles. The van der Waals surface area contributed by atoms with Crippen LogP contribution in [0.4, 0.5) is 0 Å². The van der Waals surface area contributed by atoms with Gasteiger partial charge in [-0.3, -0.25) is 4.68 Å². The van der Waals surface area contributed by atoms with Crippen LogP contribution < -0.4 is 0 Å². The molecule has 3 aromatic heterocycles. The molecule has 4 aromatic rings. The van der Waals surface area contributed by atoms with Crippen LogP contribution in [0.25, 0.3) is 27.9 Å². The van der Waals surface area contributed by atoms with Crippen LogP contribution in [-0.4, -0.2) is 43.1 Å². The molecule has 1 aromatic carbocycles. The highest BCUT2D eigenvalue weighted by Gasteiger charge is 2.14. The van der Waals surface area contributed by atoms with Gasteiger partial charge in [0.25, 0.3) is 0 Å². The van der Waals surface area contributed by atoms with E-state index in [1.807, 2.05) is 30.5 Å². The minimum Gasteiger partial charge on any atom is -0.383 e. The molecule has 0 unspecified atom stereocenters. The third kappa shape index (κ3) is 2.43. The zero-order valence-electron chi connectivity index (χ0n) is 12.3. The Morgan fingerprint density at radius 2 is 2.09 bits per heavy atom. The van der Waals surface area contributed by atoms with Crippen LogP contribution >= 0.6 is 11.6 Å². The summed E-state index contributed by atoms with van der Waals surface area (Å²) >= 11 is 6.22. The van der Waals surface area contributed by atoms with Crippen molar-refractivity contribution in [3.8, 4) is 11.4 Å². The predicted molar refractivity (Wildman–Crippen MR) is 86.4 cm³/mol. The second-order valence-corrected chi connectivity index (χ2v) is 5.39.